The minimum absolute atomic E-state index is 0.000216. The number of nitrogens with one attached hydrogen (secondary N) is 2. The van der Waals surface area contributed by atoms with Crippen LogP contribution in [0.1, 0.15) is 20.3 Å². The van der Waals surface area contributed by atoms with Crippen molar-refractivity contribution in [2.75, 3.05) is 18.1 Å². The second-order valence-corrected chi connectivity index (χ2v) is 6.68. The molecule has 0 bridgehead atoms. The molecule has 0 spiro atoms. The molecule has 0 fully saturated rings. The summed E-state index contributed by atoms with van der Waals surface area (Å²) in [6, 6.07) is 3.79. The zero-order valence-corrected chi connectivity index (χ0v) is 12.6. The number of phenolic OH excluding ortho intramolecular Hbond substituents is 1. The average Bonchev–Trinajstić information content (AvgIpc) is 2.30. The summed E-state index contributed by atoms with van der Waals surface area (Å²) < 4.78 is 22.9. The lowest BCUT2D eigenvalue weighted by molar-refractivity contribution is -0.116. The third kappa shape index (κ3) is 4.82. The Morgan fingerprint density at radius 3 is 2.60 bits per heavy atom. The van der Waals surface area contributed by atoms with Crippen LogP contribution in [0, 0.1) is 0 Å². The molecular formula is C13H20N2O4S. The standard InChI is InChI=1S/C13H20N2O4S/c1-4-14-9(2)7-13(17)15-11-8-10(20(3,18)19)5-6-12(11)16/h5-6,8-9,14,16H,4,7H2,1-3H3,(H,15,17). The molecule has 1 aromatic carbocycles. The molecule has 7 heteroatoms. The summed E-state index contributed by atoms with van der Waals surface area (Å²) in [5.74, 6) is -0.457. The number of hydrogen-bond donors (Lipinski definition) is 3. The van der Waals surface area contributed by atoms with E-state index in [0.29, 0.717) is 0 Å². The largest absolute Gasteiger partial charge is 0.506 e. The topological polar surface area (TPSA) is 95.5 Å². The highest BCUT2D eigenvalue weighted by atomic mass is 32.2. The van der Waals surface area contributed by atoms with Crippen molar-refractivity contribution in [1.29, 1.82) is 0 Å². The van der Waals surface area contributed by atoms with Crippen LogP contribution in [0.5, 0.6) is 5.75 Å². The van der Waals surface area contributed by atoms with Crippen LogP contribution in [0.2, 0.25) is 0 Å². The average molecular weight is 300 g/mol. The van der Waals surface area contributed by atoms with E-state index >= 15 is 0 Å². The quantitative estimate of drug-likeness (QED) is 0.684. The zero-order chi connectivity index (χ0) is 15.3. The molecule has 1 aromatic rings. The van der Waals surface area contributed by atoms with E-state index < -0.39 is 9.84 Å². The van der Waals surface area contributed by atoms with Crippen LogP contribution < -0.4 is 10.6 Å². The van der Waals surface area contributed by atoms with E-state index in [0.717, 1.165) is 12.8 Å². The molecule has 3 N–H and O–H groups in total. The first kappa shape index (κ1) is 16.5. The number of amides is 1. The molecule has 0 radical (unpaired) electrons. The lowest BCUT2D eigenvalue weighted by Gasteiger charge is -2.13. The van der Waals surface area contributed by atoms with E-state index in [1.165, 1.54) is 18.2 Å². The molecule has 1 rings (SSSR count). The van der Waals surface area contributed by atoms with Crippen LogP contribution in [0.15, 0.2) is 23.1 Å². The Kier molecular flexibility index (Phi) is 5.52. The van der Waals surface area contributed by atoms with E-state index in [1.54, 1.807) is 0 Å². The molecule has 0 saturated carbocycles. The van der Waals surface area contributed by atoms with Gasteiger partial charge >= 0.3 is 0 Å². The second kappa shape index (κ2) is 6.71. The maximum Gasteiger partial charge on any atom is 0.226 e. The molecule has 0 aliphatic carbocycles. The minimum atomic E-state index is -3.38. The number of hydrogen-bond acceptors (Lipinski definition) is 5. The van der Waals surface area contributed by atoms with Gasteiger partial charge < -0.3 is 15.7 Å². The van der Waals surface area contributed by atoms with Gasteiger partial charge in [-0.1, -0.05) is 6.92 Å². The molecule has 1 unspecified atom stereocenters. The summed E-state index contributed by atoms with van der Waals surface area (Å²) in [7, 11) is -3.38. The SMILES string of the molecule is CCNC(C)CC(=O)Nc1cc(S(C)(=O)=O)ccc1O. The predicted octanol–water partition coefficient (Wildman–Crippen LogP) is 1.12. The number of aromatic hydroxyl groups is 1. The summed E-state index contributed by atoms with van der Waals surface area (Å²) in [6.07, 6.45) is 1.30. The van der Waals surface area contributed by atoms with Crippen molar-refractivity contribution in [1.82, 2.24) is 5.32 Å². The first-order valence-electron chi connectivity index (χ1n) is 6.30. The molecule has 0 heterocycles. The monoisotopic (exact) mass is 300 g/mol. The summed E-state index contributed by atoms with van der Waals surface area (Å²) in [6.45, 7) is 4.56. The van der Waals surface area contributed by atoms with Gasteiger partial charge in [-0.15, -0.1) is 0 Å². The van der Waals surface area contributed by atoms with Gasteiger partial charge in [0, 0.05) is 18.7 Å². The van der Waals surface area contributed by atoms with Crippen LogP contribution in [0.3, 0.4) is 0 Å². The first-order valence-corrected chi connectivity index (χ1v) is 8.19. The molecular weight excluding hydrogens is 280 g/mol. The molecule has 1 atom stereocenters. The molecule has 6 nitrogen and oxygen atoms in total. The highest BCUT2D eigenvalue weighted by Gasteiger charge is 2.14. The number of phenols is 1. The van der Waals surface area contributed by atoms with Gasteiger partial charge in [-0.3, -0.25) is 4.79 Å². The molecule has 0 aliphatic rings. The number of carbonyl (C=O) groups is 1. The third-order valence-corrected chi connectivity index (χ3v) is 3.82. The van der Waals surface area contributed by atoms with Gasteiger partial charge in [0.2, 0.25) is 5.91 Å². The van der Waals surface area contributed by atoms with Gasteiger partial charge in [-0.05, 0) is 31.7 Å². The van der Waals surface area contributed by atoms with Gasteiger partial charge in [0.05, 0.1) is 10.6 Å². The van der Waals surface area contributed by atoms with Gasteiger partial charge in [0.15, 0.2) is 9.84 Å². The van der Waals surface area contributed by atoms with Crippen molar-refractivity contribution in [2.24, 2.45) is 0 Å². The van der Waals surface area contributed by atoms with Crippen LogP contribution in [0.4, 0.5) is 5.69 Å². The number of sulfone groups is 1. The van der Waals surface area contributed by atoms with Crippen molar-refractivity contribution in [3.05, 3.63) is 18.2 Å². The Bertz CT molecular complexity index is 584. The van der Waals surface area contributed by atoms with Crippen molar-refractivity contribution < 1.29 is 18.3 Å². The maximum atomic E-state index is 11.8. The lowest BCUT2D eigenvalue weighted by atomic mass is 10.2. The van der Waals surface area contributed by atoms with Gasteiger partial charge in [0.25, 0.3) is 0 Å². The molecule has 0 aromatic heterocycles. The van der Waals surface area contributed by atoms with Crippen LogP contribution >= 0.6 is 0 Å². The van der Waals surface area contributed by atoms with Crippen molar-refractivity contribution in [2.45, 2.75) is 31.2 Å². The van der Waals surface area contributed by atoms with Crippen LogP contribution in [0.25, 0.3) is 0 Å². The predicted molar refractivity (Wildman–Crippen MR) is 77.6 cm³/mol. The van der Waals surface area contributed by atoms with Crippen LogP contribution in [-0.4, -0.2) is 38.3 Å². The summed E-state index contributed by atoms with van der Waals surface area (Å²) in [5.41, 5.74) is 0.0987. The van der Waals surface area contributed by atoms with Gasteiger partial charge in [-0.25, -0.2) is 8.42 Å². The molecule has 20 heavy (non-hydrogen) atoms. The minimum Gasteiger partial charge on any atom is -0.506 e. The lowest BCUT2D eigenvalue weighted by Crippen LogP contribution is -2.30. The highest BCUT2D eigenvalue weighted by molar-refractivity contribution is 7.90. The highest BCUT2D eigenvalue weighted by Crippen LogP contribution is 2.26. The zero-order valence-electron chi connectivity index (χ0n) is 11.8. The Labute approximate surface area is 119 Å². The number of benzene rings is 1. The van der Waals surface area contributed by atoms with Gasteiger partial charge in [0.1, 0.15) is 5.75 Å². The fourth-order valence-corrected chi connectivity index (χ4v) is 2.39. The number of rotatable bonds is 6. The summed E-state index contributed by atoms with van der Waals surface area (Å²) >= 11 is 0. The molecule has 0 saturated heterocycles. The van der Waals surface area contributed by atoms with Crippen LogP contribution in [-0.2, 0) is 14.6 Å². The first-order chi connectivity index (χ1) is 9.24. The second-order valence-electron chi connectivity index (χ2n) is 4.66. The fraction of sp³-hybridized carbons (Fsp3) is 0.462. The number of anilines is 1. The Hall–Kier alpha value is -1.60. The molecule has 0 aliphatic heterocycles. The van der Waals surface area contributed by atoms with Crippen molar-refractivity contribution >= 4 is 21.4 Å². The van der Waals surface area contributed by atoms with E-state index in [-0.39, 0.29) is 34.7 Å². The maximum absolute atomic E-state index is 11.8. The van der Waals surface area contributed by atoms with E-state index in [2.05, 4.69) is 10.6 Å². The van der Waals surface area contributed by atoms with Gasteiger partial charge in [-0.2, -0.15) is 0 Å². The van der Waals surface area contributed by atoms with E-state index in [9.17, 15) is 18.3 Å². The fourth-order valence-electron chi connectivity index (χ4n) is 1.75. The van der Waals surface area contributed by atoms with Crippen molar-refractivity contribution in [3.8, 4) is 5.75 Å². The van der Waals surface area contributed by atoms with E-state index in [1.807, 2.05) is 13.8 Å². The number of carbonyl (C=O) groups excluding carboxylic acids is 1. The van der Waals surface area contributed by atoms with E-state index in [4.69, 9.17) is 0 Å². The Balaban J connectivity index is 2.84. The Morgan fingerprint density at radius 2 is 2.05 bits per heavy atom. The molecule has 1 amide bonds. The molecule has 112 valence electrons. The third-order valence-electron chi connectivity index (χ3n) is 2.71. The summed E-state index contributed by atoms with van der Waals surface area (Å²) in [5, 5.41) is 15.3. The Morgan fingerprint density at radius 1 is 1.40 bits per heavy atom. The summed E-state index contributed by atoms with van der Waals surface area (Å²) in [4.78, 5) is 11.8. The normalized spacial score (nSPS) is 12.9. The van der Waals surface area contributed by atoms with Crippen molar-refractivity contribution in [3.63, 3.8) is 0 Å². The smallest absolute Gasteiger partial charge is 0.226 e.